The van der Waals surface area contributed by atoms with Crippen LogP contribution in [0.4, 0.5) is 14.9 Å². The smallest absolute Gasteiger partial charge is 0.294 e. The van der Waals surface area contributed by atoms with Gasteiger partial charge in [0.05, 0.1) is 12.0 Å². The molecule has 0 bridgehead atoms. The lowest BCUT2D eigenvalue weighted by atomic mass is 10.1. The molecule has 0 aromatic heterocycles. The number of benzene rings is 2. The van der Waals surface area contributed by atoms with Crippen molar-refractivity contribution in [3.8, 4) is 17.2 Å². The lowest BCUT2D eigenvalue weighted by molar-refractivity contribution is -0.127. The molecule has 2 aromatic carbocycles. The number of rotatable bonds is 5. The van der Waals surface area contributed by atoms with Crippen LogP contribution in [0.3, 0.4) is 0 Å². The van der Waals surface area contributed by atoms with Crippen LogP contribution in [0, 0.1) is 5.82 Å². The first-order chi connectivity index (χ1) is 14.4. The summed E-state index contributed by atoms with van der Waals surface area (Å²) < 4.78 is 29.2. The van der Waals surface area contributed by atoms with E-state index < -0.39 is 29.4 Å². The third kappa shape index (κ3) is 3.94. The fourth-order valence-corrected chi connectivity index (χ4v) is 3.77. The molecule has 0 atom stereocenters. The summed E-state index contributed by atoms with van der Waals surface area (Å²) in [5.74, 6) is -0.359. The van der Waals surface area contributed by atoms with Gasteiger partial charge in [0.25, 0.3) is 11.1 Å². The van der Waals surface area contributed by atoms with Gasteiger partial charge >= 0.3 is 0 Å². The van der Waals surface area contributed by atoms with Crippen molar-refractivity contribution in [3.63, 3.8) is 0 Å². The Bertz CT molecular complexity index is 1090. The predicted octanol–water partition coefficient (Wildman–Crippen LogP) is 3.24. The summed E-state index contributed by atoms with van der Waals surface area (Å²) in [6.07, 6.45) is 1.51. The molecule has 30 heavy (non-hydrogen) atoms. The molecule has 10 heteroatoms. The topological polar surface area (TPSA) is 94.2 Å². The summed E-state index contributed by atoms with van der Waals surface area (Å²) in [5, 5.41) is 1.88. The quantitative estimate of drug-likeness (QED) is 0.728. The lowest BCUT2D eigenvalue weighted by Gasteiger charge is -2.12. The van der Waals surface area contributed by atoms with Gasteiger partial charge in [0.1, 0.15) is 12.4 Å². The van der Waals surface area contributed by atoms with Gasteiger partial charge in [-0.3, -0.25) is 19.3 Å². The van der Waals surface area contributed by atoms with Crippen LogP contribution >= 0.6 is 11.8 Å². The van der Waals surface area contributed by atoms with E-state index in [2.05, 4.69) is 5.32 Å². The number of methoxy groups -OCH3 is 1. The van der Waals surface area contributed by atoms with Crippen LogP contribution in [0.2, 0.25) is 0 Å². The van der Waals surface area contributed by atoms with Crippen LogP contribution in [0.25, 0.3) is 6.08 Å². The van der Waals surface area contributed by atoms with E-state index in [1.54, 1.807) is 12.1 Å². The molecule has 0 spiro atoms. The zero-order chi connectivity index (χ0) is 21.3. The number of halogens is 1. The monoisotopic (exact) mass is 430 g/mol. The van der Waals surface area contributed by atoms with Gasteiger partial charge in [-0.1, -0.05) is 6.07 Å². The molecule has 0 saturated carbocycles. The van der Waals surface area contributed by atoms with Gasteiger partial charge in [-0.05, 0) is 53.7 Å². The van der Waals surface area contributed by atoms with Crippen molar-refractivity contribution in [2.24, 2.45) is 0 Å². The Morgan fingerprint density at radius 1 is 1.30 bits per heavy atom. The van der Waals surface area contributed by atoms with Crippen LogP contribution in [0.1, 0.15) is 5.56 Å². The Balaban J connectivity index is 1.49. The SMILES string of the molecule is COc1cc(/C=C2/SC(=O)N(CC(=O)Nc3cccc(F)c3)C2=O)cc2c1OCO2. The van der Waals surface area contributed by atoms with Gasteiger partial charge in [-0.15, -0.1) is 0 Å². The third-order valence-electron chi connectivity index (χ3n) is 4.26. The molecular formula is C20H15FN2O6S. The molecule has 1 saturated heterocycles. The molecular weight excluding hydrogens is 415 g/mol. The number of carbonyl (C=O) groups is 3. The first-order valence-electron chi connectivity index (χ1n) is 8.73. The fourth-order valence-electron chi connectivity index (χ4n) is 2.93. The minimum absolute atomic E-state index is 0.0616. The van der Waals surface area contributed by atoms with Crippen molar-refractivity contribution in [2.45, 2.75) is 0 Å². The predicted molar refractivity (Wildman–Crippen MR) is 107 cm³/mol. The number of carbonyl (C=O) groups excluding carboxylic acids is 3. The summed E-state index contributed by atoms with van der Waals surface area (Å²) >= 11 is 0.720. The Morgan fingerprint density at radius 2 is 2.13 bits per heavy atom. The van der Waals surface area contributed by atoms with Crippen LogP contribution in [-0.4, -0.2) is 42.4 Å². The van der Waals surface area contributed by atoms with Crippen molar-refractivity contribution in [2.75, 3.05) is 25.8 Å². The van der Waals surface area contributed by atoms with Gasteiger partial charge in [0.2, 0.25) is 18.4 Å². The molecule has 1 fully saturated rings. The second-order valence-electron chi connectivity index (χ2n) is 6.28. The number of ether oxygens (including phenoxy) is 3. The maximum Gasteiger partial charge on any atom is 0.294 e. The molecule has 2 aromatic rings. The van der Waals surface area contributed by atoms with E-state index in [-0.39, 0.29) is 17.4 Å². The van der Waals surface area contributed by atoms with Crippen LogP contribution in [0.5, 0.6) is 17.2 Å². The Kier molecular flexibility index (Phi) is 5.32. The first kappa shape index (κ1) is 19.8. The molecule has 0 unspecified atom stereocenters. The molecule has 154 valence electrons. The Labute approximate surface area is 174 Å². The molecule has 2 aliphatic heterocycles. The van der Waals surface area contributed by atoms with E-state index in [0.717, 1.165) is 22.7 Å². The average molecular weight is 430 g/mol. The van der Waals surface area contributed by atoms with E-state index in [1.807, 2.05) is 0 Å². The van der Waals surface area contributed by atoms with Crippen LogP contribution in [0.15, 0.2) is 41.3 Å². The zero-order valence-electron chi connectivity index (χ0n) is 15.6. The van der Waals surface area contributed by atoms with Crippen molar-refractivity contribution >= 4 is 40.6 Å². The number of anilines is 1. The number of nitrogens with one attached hydrogen (secondary N) is 1. The molecule has 8 nitrogen and oxygen atoms in total. The summed E-state index contributed by atoms with van der Waals surface area (Å²) in [7, 11) is 1.48. The molecule has 2 heterocycles. The van der Waals surface area contributed by atoms with Crippen LogP contribution in [-0.2, 0) is 9.59 Å². The Hall–Kier alpha value is -3.53. The first-order valence-corrected chi connectivity index (χ1v) is 9.54. The number of hydrogen-bond acceptors (Lipinski definition) is 7. The van der Waals surface area contributed by atoms with Crippen molar-refractivity contribution < 1.29 is 33.0 Å². The zero-order valence-corrected chi connectivity index (χ0v) is 16.5. The Morgan fingerprint density at radius 3 is 2.90 bits per heavy atom. The molecule has 4 rings (SSSR count). The molecule has 0 aliphatic carbocycles. The minimum atomic E-state index is -0.617. The maximum atomic E-state index is 13.2. The van der Waals surface area contributed by atoms with Crippen molar-refractivity contribution in [3.05, 3.63) is 52.7 Å². The number of fused-ring (bicyclic) bond motifs is 1. The highest BCUT2D eigenvalue weighted by Crippen LogP contribution is 2.43. The minimum Gasteiger partial charge on any atom is -0.493 e. The number of amides is 3. The van der Waals surface area contributed by atoms with E-state index in [4.69, 9.17) is 14.2 Å². The normalized spacial score (nSPS) is 16.3. The molecule has 0 radical (unpaired) electrons. The largest absolute Gasteiger partial charge is 0.493 e. The maximum absolute atomic E-state index is 13.2. The van der Waals surface area contributed by atoms with E-state index in [1.165, 1.54) is 31.4 Å². The van der Waals surface area contributed by atoms with Gasteiger partial charge < -0.3 is 19.5 Å². The molecule has 3 amide bonds. The molecule has 1 N–H and O–H groups in total. The highest BCUT2D eigenvalue weighted by Gasteiger charge is 2.36. The number of imide groups is 1. The van der Waals surface area contributed by atoms with Crippen molar-refractivity contribution in [1.82, 2.24) is 4.90 Å². The average Bonchev–Trinajstić information content (AvgIpc) is 3.27. The van der Waals surface area contributed by atoms with Crippen LogP contribution < -0.4 is 19.5 Å². The lowest BCUT2D eigenvalue weighted by Crippen LogP contribution is -2.36. The van der Waals surface area contributed by atoms with Gasteiger partial charge in [0, 0.05) is 5.69 Å². The highest BCUT2D eigenvalue weighted by atomic mass is 32.2. The standard InChI is InChI=1S/C20H15FN2O6S/c1-27-14-5-11(6-15-18(14)29-10-28-15)7-16-19(25)23(20(26)30-16)9-17(24)22-13-4-2-3-12(21)8-13/h2-8H,9-10H2,1H3,(H,22,24)/b16-7+. The third-order valence-corrected chi connectivity index (χ3v) is 5.17. The number of thioether (sulfide) groups is 1. The summed E-state index contributed by atoms with van der Waals surface area (Å²) in [6, 6.07) is 8.63. The summed E-state index contributed by atoms with van der Waals surface area (Å²) in [4.78, 5) is 38.1. The highest BCUT2D eigenvalue weighted by molar-refractivity contribution is 8.18. The second kappa shape index (κ2) is 8.07. The van der Waals surface area contributed by atoms with E-state index in [0.29, 0.717) is 22.8 Å². The van der Waals surface area contributed by atoms with Crippen molar-refractivity contribution in [1.29, 1.82) is 0 Å². The van der Waals surface area contributed by atoms with Gasteiger partial charge in [-0.25, -0.2) is 4.39 Å². The second-order valence-corrected chi connectivity index (χ2v) is 7.28. The summed E-state index contributed by atoms with van der Waals surface area (Å²) in [6.45, 7) is -0.422. The summed E-state index contributed by atoms with van der Waals surface area (Å²) in [5.41, 5.74) is 0.806. The van der Waals surface area contributed by atoms with Gasteiger partial charge in [0.15, 0.2) is 11.5 Å². The van der Waals surface area contributed by atoms with E-state index >= 15 is 0 Å². The molecule has 2 aliphatic rings. The van der Waals surface area contributed by atoms with Gasteiger partial charge in [-0.2, -0.15) is 0 Å². The number of nitrogens with zero attached hydrogens (tertiary/aromatic N) is 1. The van der Waals surface area contributed by atoms with E-state index in [9.17, 15) is 18.8 Å². The number of hydrogen-bond donors (Lipinski definition) is 1. The fraction of sp³-hybridized carbons (Fsp3) is 0.150.